The molecule has 0 heterocycles. The Hall–Kier alpha value is -2.11. The molecular formula is C63H118O6. The van der Waals surface area contributed by atoms with E-state index in [4.69, 9.17) is 14.2 Å². The number of hydrogen-bond acceptors (Lipinski definition) is 6. The van der Waals surface area contributed by atoms with Crippen molar-refractivity contribution in [3.05, 3.63) is 24.3 Å². The summed E-state index contributed by atoms with van der Waals surface area (Å²) in [7, 11) is 0. The molecule has 0 radical (unpaired) electrons. The average Bonchev–Trinajstić information content (AvgIpc) is 3.35. The van der Waals surface area contributed by atoms with Crippen LogP contribution in [0.3, 0.4) is 0 Å². The van der Waals surface area contributed by atoms with E-state index >= 15 is 0 Å². The maximum atomic E-state index is 12.9. The summed E-state index contributed by atoms with van der Waals surface area (Å²) in [6.07, 6.45) is 68.9. The predicted molar refractivity (Wildman–Crippen MR) is 298 cm³/mol. The Balaban J connectivity index is 4.30. The number of esters is 3. The third-order valence-corrected chi connectivity index (χ3v) is 13.9. The molecule has 0 aromatic rings. The van der Waals surface area contributed by atoms with Crippen molar-refractivity contribution in [2.75, 3.05) is 13.2 Å². The highest BCUT2D eigenvalue weighted by molar-refractivity contribution is 5.71. The molecule has 0 aromatic carbocycles. The highest BCUT2D eigenvalue weighted by atomic mass is 16.6. The van der Waals surface area contributed by atoms with Gasteiger partial charge in [-0.3, -0.25) is 14.4 Å². The summed E-state index contributed by atoms with van der Waals surface area (Å²) in [6, 6.07) is 0. The Kier molecular flexibility index (Phi) is 56.7. The van der Waals surface area contributed by atoms with Crippen molar-refractivity contribution in [2.24, 2.45) is 0 Å². The normalized spacial score (nSPS) is 12.1. The number of carbonyl (C=O) groups is 3. The van der Waals surface area contributed by atoms with E-state index in [1.807, 2.05) is 0 Å². The SMILES string of the molecule is CCCCCC/C=C\CCCCCCCC(=O)OC[C@H](COC(=O)CCCCCCCCC/C=C\CCCCCCCCCC)OC(=O)CCCCCCCCCCCCCCCCCCCCC. The summed E-state index contributed by atoms with van der Waals surface area (Å²) in [5, 5.41) is 0. The van der Waals surface area contributed by atoms with Gasteiger partial charge >= 0.3 is 17.9 Å². The predicted octanol–water partition coefficient (Wildman–Crippen LogP) is 20.7. The van der Waals surface area contributed by atoms with E-state index in [2.05, 4.69) is 45.1 Å². The standard InChI is InChI=1S/C63H118O6/c1-4-7-10-13-16-19-22-25-27-29-31-33-35-38-41-44-47-50-53-56-62(65)68-59-60(58-67-61(64)55-52-49-46-43-40-37-24-21-18-15-12-9-6-3)69-63(66)57-54-51-48-45-42-39-36-34-32-30-28-26-23-20-17-14-11-8-5-2/h21,24,29,31,60H,4-20,22-23,25-28,30,32-59H2,1-3H3/b24-21-,31-29-/t60-/m1/s1. The molecule has 0 amide bonds. The Morgan fingerprint density at radius 2 is 0.478 bits per heavy atom. The van der Waals surface area contributed by atoms with Crippen LogP contribution in [0.4, 0.5) is 0 Å². The van der Waals surface area contributed by atoms with E-state index in [0.29, 0.717) is 19.3 Å². The third-order valence-electron chi connectivity index (χ3n) is 13.9. The second kappa shape index (κ2) is 58.5. The van der Waals surface area contributed by atoms with Gasteiger partial charge in [-0.1, -0.05) is 276 Å². The van der Waals surface area contributed by atoms with E-state index < -0.39 is 6.10 Å². The molecule has 6 nitrogen and oxygen atoms in total. The average molecular weight is 972 g/mol. The fourth-order valence-electron chi connectivity index (χ4n) is 9.26. The topological polar surface area (TPSA) is 78.9 Å². The van der Waals surface area contributed by atoms with Crippen LogP contribution in [0, 0.1) is 0 Å². The van der Waals surface area contributed by atoms with E-state index in [0.717, 1.165) is 64.2 Å². The lowest BCUT2D eigenvalue weighted by molar-refractivity contribution is -0.167. The van der Waals surface area contributed by atoms with Gasteiger partial charge in [-0.2, -0.15) is 0 Å². The highest BCUT2D eigenvalue weighted by Gasteiger charge is 2.19. The van der Waals surface area contributed by atoms with Gasteiger partial charge in [0.15, 0.2) is 6.10 Å². The molecule has 1 atom stereocenters. The van der Waals surface area contributed by atoms with Gasteiger partial charge in [0.05, 0.1) is 0 Å². The molecule has 0 spiro atoms. The van der Waals surface area contributed by atoms with E-state index in [9.17, 15) is 14.4 Å². The molecule has 0 rings (SSSR count). The summed E-state index contributed by atoms with van der Waals surface area (Å²) < 4.78 is 16.9. The second-order valence-corrected chi connectivity index (χ2v) is 21.0. The minimum Gasteiger partial charge on any atom is -0.462 e. The molecule has 6 heteroatoms. The third kappa shape index (κ3) is 56.7. The first kappa shape index (κ1) is 66.9. The van der Waals surface area contributed by atoms with Crippen LogP contribution in [0.15, 0.2) is 24.3 Å². The summed E-state index contributed by atoms with van der Waals surface area (Å²) in [6.45, 7) is 6.67. The van der Waals surface area contributed by atoms with Gasteiger partial charge in [-0.15, -0.1) is 0 Å². The van der Waals surface area contributed by atoms with E-state index in [1.165, 1.54) is 238 Å². The molecule has 69 heavy (non-hydrogen) atoms. The molecule has 406 valence electrons. The molecule has 0 bridgehead atoms. The van der Waals surface area contributed by atoms with Gasteiger partial charge in [0.2, 0.25) is 0 Å². The number of allylic oxidation sites excluding steroid dienone is 4. The molecule has 0 N–H and O–H groups in total. The van der Waals surface area contributed by atoms with Crippen LogP contribution >= 0.6 is 0 Å². The molecule has 0 unspecified atom stereocenters. The Bertz CT molecular complexity index is 1110. The number of hydrogen-bond donors (Lipinski definition) is 0. The van der Waals surface area contributed by atoms with Crippen molar-refractivity contribution in [3.8, 4) is 0 Å². The van der Waals surface area contributed by atoms with Gasteiger partial charge < -0.3 is 14.2 Å². The fraction of sp³-hybridized carbons (Fsp3) is 0.889. The maximum absolute atomic E-state index is 12.9. The zero-order chi connectivity index (χ0) is 50.0. The van der Waals surface area contributed by atoms with Gasteiger partial charge in [-0.05, 0) is 70.6 Å². The monoisotopic (exact) mass is 971 g/mol. The molecule has 0 saturated carbocycles. The Morgan fingerprint density at radius 1 is 0.275 bits per heavy atom. The molecule has 0 aliphatic rings. The van der Waals surface area contributed by atoms with Crippen molar-refractivity contribution >= 4 is 17.9 Å². The van der Waals surface area contributed by atoms with Crippen LogP contribution in [0.25, 0.3) is 0 Å². The minimum atomic E-state index is -0.773. The molecule has 0 aromatic heterocycles. The molecular weight excluding hydrogens is 853 g/mol. The van der Waals surface area contributed by atoms with Gasteiger partial charge in [0, 0.05) is 19.3 Å². The first-order valence-electron chi connectivity index (χ1n) is 30.8. The number of rotatable bonds is 57. The van der Waals surface area contributed by atoms with Crippen LogP contribution in [0.2, 0.25) is 0 Å². The summed E-state index contributed by atoms with van der Waals surface area (Å²) in [4.78, 5) is 38.2. The lowest BCUT2D eigenvalue weighted by atomic mass is 10.0. The Labute approximate surface area is 430 Å². The first-order chi connectivity index (χ1) is 34.0. The van der Waals surface area contributed by atoms with Crippen LogP contribution in [-0.4, -0.2) is 37.2 Å². The summed E-state index contributed by atoms with van der Waals surface area (Å²) in [5.74, 6) is -0.861. The van der Waals surface area contributed by atoms with Crippen LogP contribution < -0.4 is 0 Å². The van der Waals surface area contributed by atoms with Crippen LogP contribution in [0.5, 0.6) is 0 Å². The van der Waals surface area contributed by atoms with E-state index in [-0.39, 0.29) is 31.1 Å². The quantitative estimate of drug-likeness (QED) is 0.0261. The van der Waals surface area contributed by atoms with Crippen molar-refractivity contribution in [1.82, 2.24) is 0 Å². The van der Waals surface area contributed by atoms with Crippen molar-refractivity contribution < 1.29 is 28.6 Å². The largest absolute Gasteiger partial charge is 0.462 e. The van der Waals surface area contributed by atoms with Crippen LogP contribution in [0.1, 0.15) is 342 Å². The maximum Gasteiger partial charge on any atom is 0.306 e. The highest BCUT2D eigenvalue weighted by Crippen LogP contribution is 2.17. The molecule has 0 aliphatic heterocycles. The van der Waals surface area contributed by atoms with Gasteiger partial charge in [0.25, 0.3) is 0 Å². The fourth-order valence-corrected chi connectivity index (χ4v) is 9.26. The molecule has 0 fully saturated rings. The zero-order valence-electron chi connectivity index (χ0n) is 46.6. The van der Waals surface area contributed by atoms with E-state index in [1.54, 1.807) is 0 Å². The van der Waals surface area contributed by atoms with Crippen LogP contribution in [-0.2, 0) is 28.6 Å². The van der Waals surface area contributed by atoms with Crippen molar-refractivity contribution in [3.63, 3.8) is 0 Å². The molecule has 0 aliphatic carbocycles. The smallest absolute Gasteiger partial charge is 0.306 e. The minimum absolute atomic E-state index is 0.0716. The lowest BCUT2D eigenvalue weighted by Crippen LogP contribution is -2.30. The van der Waals surface area contributed by atoms with Gasteiger partial charge in [0.1, 0.15) is 13.2 Å². The lowest BCUT2D eigenvalue weighted by Gasteiger charge is -2.18. The second-order valence-electron chi connectivity index (χ2n) is 21.0. The Morgan fingerprint density at radius 3 is 0.739 bits per heavy atom. The number of unbranched alkanes of at least 4 members (excludes halogenated alkanes) is 42. The number of ether oxygens (including phenoxy) is 3. The summed E-state index contributed by atoms with van der Waals surface area (Å²) in [5.41, 5.74) is 0. The van der Waals surface area contributed by atoms with Crippen molar-refractivity contribution in [1.29, 1.82) is 0 Å². The number of carbonyl (C=O) groups excluding carboxylic acids is 3. The summed E-state index contributed by atoms with van der Waals surface area (Å²) >= 11 is 0. The first-order valence-corrected chi connectivity index (χ1v) is 30.8. The van der Waals surface area contributed by atoms with Crippen molar-refractivity contribution in [2.45, 2.75) is 348 Å². The van der Waals surface area contributed by atoms with Gasteiger partial charge in [-0.25, -0.2) is 0 Å². The zero-order valence-corrected chi connectivity index (χ0v) is 46.6. The molecule has 0 saturated heterocycles.